The Morgan fingerprint density at radius 2 is 1.89 bits per heavy atom. The number of methoxy groups -OCH3 is 1. The number of pyridine rings is 1. The summed E-state index contributed by atoms with van der Waals surface area (Å²) in [7, 11) is 1.56. The first kappa shape index (κ1) is 18.1. The molecule has 27 heavy (non-hydrogen) atoms. The molecule has 3 aromatic rings. The number of nitrogens with zero attached hydrogens (tertiary/aromatic N) is 2. The Hall–Kier alpha value is -3.68. The van der Waals surface area contributed by atoms with E-state index in [4.69, 9.17) is 9.47 Å². The number of aromatic nitrogens is 3. The van der Waals surface area contributed by atoms with Crippen molar-refractivity contribution in [1.82, 2.24) is 15.2 Å². The van der Waals surface area contributed by atoms with Gasteiger partial charge in [-0.05, 0) is 43.3 Å². The fourth-order valence-electron chi connectivity index (χ4n) is 2.27. The van der Waals surface area contributed by atoms with Gasteiger partial charge in [0.05, 0.1) is 12.8 Å². The summed E-state index contributed by atoms with van der Waals surface area (Å²) in [6.45, 7) is 1.49. The first-order valence-electron chi connectivity index (χ1n) is 8.19. The molecule has 8 heteroatoms. The monoisotopic (exact) mass is 366 g/mol. The Bertz CT molecular complexity index is 922. The van der Waals surface area contributed by atoms with Gasteiger partial charge >= 0.3 is 5.97 Å². The van der Waals surface area contributed by atoms with Gasteiger partial charge in [0, 0.05) is 18.0 Å². The van der Waals surface area contributed by atoms with Gasteiger partial charge in [-0.25, -0.2) is 4.79 Å². The van der Waals surface area contributed by atoms with E-state index in [2.05, 4.69) is 20.5 Å². The van der Waals surface area contributed by atoms with Crippen molar-refractivity contribution in [3.05, 3.63) is 60.4 Å². The molecule has 1 aromatic carbocycles. The van der Waals surface area contributed by atoms with E-state index in [0.717, 1.165) is 0 Å². The van der Waals surface area contributed by atoms with E-state index < -0.39 is 18.0 Å². The van der Waals surface area contributed by atoms with Crippen molar-refractivity contribution >= 4 is 17.6 Å². The second kappa shape index (κ2) is 8.13. The van der Waals surface area contributed by atoms with E-state index in [1.165, 1.54) is 13.0 Å². The number of esters is 1. The maximum absolute atomic E-state index is 12.2. The Morgan fingerprint density at radius 1 is 1.11 bits per heavy atom. The summed E-state index contributed by atoms with van der Waals surface area (Å²) < 4.78 is 10.3. The summed E-state index contributed by atoms with van der Waals surface area (Å²) in [5.41, 5.74) is 1.85. The van der Waals surface area contributed by atoms with Crippen LogP contribution in [0.1, 0.15) is 17.4 Å². The minimum atomic E-state index is -0.985. The van der Waals surface area contributed by atoms with Crippen molar-refractivity contribution in [3.8, 4) is 17.1 Å². The third-order valence-electron chi connectivity index (χ3n) is 3.74. The van der Waals surface area contributed by atoms with E-state index in [1.54, 1.807) is 49.7 Å². The minimum Gasteiger partial charge on any atom is -0.497 e. The van der Waals surface area contributed by atoms with Crippen molar-refractivity contribution < 1.29 is 19.1 Å². The molecule has 138 valence electrons. The van der Waals surface area contributed by atoms with Crippen LogP contribution >= 0.6 is 0 Å². The molecule has 2 heterocycles. The van der Waals surface area contributed by atoms with E-state index in [1.807, 2.05) is 6.07 Å². The van der Waals surface area contributed by atoms with E-state index in [-0.39, 0.29) is 5.69 Å². The van der Waals surface area contributed by atoms with Crippen molar-refractivity contribution in [2.24, 2.45) is 0 Å². The number of hydrogen-bond acceptors (Lipinski definition) is 6. The van der Waals surface area contributed by atoms with Crippen molar-refractivity contribution in [2.45, 2.75) is 13.0 Å². The number of H-pyrrole nitrogens is 1. The number of benzene rings is 1. The molecule has 1 atom stereocenters. The molecule has 0 saturated carbocycles. The molecular formula is C19H18N4O4. The van der Waals surface area contributed by atoms with Crippen molar-refractivity contribution in [3.63, 3.8) is 0 Å². The van der Waals surface area contributed by atoms with Crippen LogP contribution in [0, 0.1) is 0 Å². The number of carbonyl (C=O) groups is 2. The zero-order valence-electron chi connectivity index (χ0n) is 14.8. The quantitative estimate of drug-likeness (QED) is 0.650. The van der Waals surface area contributed by atoms with E-state index in [0.29, 0.717) is 22.8 Å². The molecule has 0 aliphatic carbocycles. The molecule has 0 radical (unpaired) electrons. The zero-order chi connectivity index (χ0) is 19.2. The number of rotatable bonds is 6. The standard InChI is InChI=1S/C19H18N4O4/c1-12(18(24)21-13-6-8-14(26-2)9-7-13)27-19(25)17-11-16(22-23-17)15-5-3-4-10-20-15/h3-12H,1-2H3,(H,21,24)(H,22,23). The molecule has 2 aromatic heterocycles. The first-order valence-corrected chi connectivity index (χ1v) is 8.19. The van der Waals surface area contributed by atoms with Crippen LogP contribution in [0.4, 0.5) is 5.69 Å². The predicted molar refractivity (Wildman–Crippen MR) is 98.3 cm³/mol. The van der Waals surface area contributed by atoms with Crippen LogP contribution in [0.5, 0.6) is 5.75 Å². The predicted octanol–water partition coefficient (Wildman–Crippen LogP) is 2.66. The molecule has 1 unspecified atom stereocenters. The Morgan fingerprint density at radius 3 is 2.56 bits per heavy atom. The Balaban J connectivity index is 1.59. The highest BCUT2D eigenvalue weighted by molar-refractivity contribution is 5.97. The number of amides is 1. The molecule has 0 saturated heterocycles. The van der Waals surface area contributed by atoms with Gasteiger partial charge in [-0.2, -0.15) is 5.10 Å². The highest BCUT2D eigenvalue weighted by atomic mass is 16.5. The fraction of sp³-hybridized carbons (Fsp3) is 0.158. The molecule has 0 bridgehead atoms. The summed E-state index contributed by atoms with van der Waals surface area (Å²) >= 11 is 0. The number of aromatic amines is 1. The van der Waals surface area contributed by atoms with Crippen molar-refractivity contribution in [1.29, 1.82) is 0 Å². The average molecular weight is 366 g/mol. The van der Waals surface area contributed by atoms with Gasteiger partial charge in [0.15, 0.2) is 6.10 Å². The van der Waals surface area contributed by atoms with E-state index in [9.17, 15) is 9.59 Å². The topological polar surface area (TPSA) is 106 Å². The normalized spacial score (nSPS) is 11.5. The number of nitrogens with one attached hydrogen (secondary N) is 2. The van der Waals surface area contributed by atoms with Gasteiger partial charge in [-0.3, -0.25) is 14.9 Å². The second-order valence-electron chi connectivity index (χ2n) is 5.65. The molecule has 0 aliphatic rings. The lowest BCUT2D eigenvalue weighted by Crippen LogP contribution is -2.30. The lowest BCUT2D eigenvalue weighted by atomic mass is 10.2. The Kier molecular flexibility index (Phi) is 5.46. The SMILES string of the molecule is COc1ccc(NC(=O)C(C)OC(=O)c2cc(-c3ccccn3)n[nH]2)cc1. The molecule has 1 amide bonds. The third kappa shape index (κ3) is 4.49. The van der Waals surface area contributed by atoms with Crippen molar-refractivity contribution in [2.75, 3.05) is 12.4 Å². The summed E-state index contributed by atoms with van der Waals surface area (Å²) in [5.74, 6) is -0.449. The summed E-state index contributed by atoms with van der Waals surface area (Å²) in [5, 5.41) is 9.32. The number of carbonyl (C=O) groups excluding carboxylic acids is 2. The average Bonchev–Trinajstić information content (AvgIpc) is 3.19. The molecular weight excluding hydrogens is 348 g/mol. The highest BCUT2D eigenvalue weighted by Gasteiger charge is 2.21. The number of hydrogen-bond donors (Lipinski definition) is 2. The fourth-order valence-corrected chi connectivity index (χ4v) is 2.27. The summed E-state index contributed by atoms with van der Waals surface area (Å²) in [6, 6.07) is 13.7. The van der Waals surface area contributed by atoms with Gasteiger partial charge in [0.25, 0.3) is 5.91 Å². The van der Waals surface area contributed by atoms with Crippen LogP contribution in [0.25, 0.3) is 11.4 Å². The van der Waals surface area contributed by atoms with Crippen LogP contribution in [0.15, 0.2) is 54.7 Å². The number of ether oxygens (including phenoxy) is 2. The maximum Gasteiger partial charge on any atom is 0.357 e. The van der Waals surface area contributed by atoms with E-state index >= 15 is 0 Å². The van der Waals surface area contributed by atoms with Crippen LogP contribution in [-0.4, -0.2) is 40.3 Å². The lowest BCUT2D eigenvalue weighted by Gasteiger charge is -2.13. The second-order valence-corrected chi connectivity index (χ2v) is 5.65. The van der Waals surface area contributed by atoms with Gasteiger partial charge in [0.1, 0.15) is 17.1 Å². The van der Waals surface area contributed by atoms with Crippen LogP contribution in [-0.2, 0) is 9.53 Å². The summed E-state index contributed by atoms with van der Waals surface area (Å²) in [6.07, 6.45) is 0.648. The molecule has 0 spiro atoms. The molecule has 0 fully saturated rings. The first-order chi connectivity index (χ1) is 13.1. The molecule has 2 N–H and O–H groups in total. The molecule has 8 nitrogen and oxygen atoms in total. The minimum absolute atomic E-state index is 0.139. The molecule has 0 aliphatic heterocycles. The zero-order valence-corrected chi connectivity index (χ0v) is 14.8. The van der Waals surface area contributed by atoms with Crippen LogP contribution < -0.4 is 10.1 Å². The highest BCUT2D eigenvalue weighted by Crippen LogP contribution is 2.17. The number of anilines is 1. The van der Waals surface area contributed by atoms with Crippen LogP contribution in [0.2, 0.25) is 0 Å². The maximum atomic E-state index is 12.2. The largest absolute Gasteiger partial charge is 0.497 e. The van der Waals surface area contributed by atoms with Gasteiger partial charge in [0.2, 0.25) is 0 Å². The van der Waals surface area contributed by atoms with Gasteiger partial charge < -0.3 is 14.8 Å². The van der Waals surface area contributed by atoms with Gasteiger partial charge in [-0.15, -0.1) is 0 Å². The van der Waals surface area contributed by atoms with Gasteiger partial charge in [-0.1, -0.05) is 6.07 Å². The van der Waals surface area contributed by atoms with Crippen LogP contribution in [0.3, 0.4) is 0 Å². The Labute approximate surface area is 155 Å². The smallest absolute Gasteiger partial charge is 0.357 e. The lowest BCUT2D eigenvalue weighted by molar-refractivity contribution is -0.123. The molecule has 3 rings (SSSR count). The summed E-state index contributed by atoms with van der Waals surface area (Å²) in [4.78, 5) is 28.6. The third-order valence-corrected chi connectivity index (χ3v) is 3.74.